The van der Waals surface area contributed by atoms with Crippen LogP contribution in [0.2, 0.25) is 0 Å². The molecule has 7 heteroatoms. The van der Waals surface area contributed by atoms with E-state index in [1.54, 1.807) is 14.2 Å². The summed E-state index contributed by atoms with van der Waals surface area (Å²) in [5.41, 5.74) is 5.06. The normalized spacial score (nSPS) is 11.6. The Balaban J connectivity index is 0. The number of nitrogens with two attached hydrogens (primary N) is 1. The van der Waals surface area contributed by atoms with E-state index >= 15 is 0 Å². The van der Waals surface area contributed by atoms with Crippen LogP contribution < -0.4 is 16.4 Å². The predicted octanol–water partition coefficient (Wildman–Crippen LogP) is -0.0727. The van der Waals surface area contributed by atoms with Crippen molar-refractivity contribution in [3.05, 3.63) is 0 Å². The lowest BCUT2D eigenvalue weighted by Gasteiger charge is -2.20. The van der Waals surface area contributed by atoms with Crippen LogP contribution in [-0.2, 0) is 9.53 Å². The average Bonchev–Trinajstić information content (AvgIpc) is 2.25. The molecule has 0 rings (SSSR count). The van der Waals surface area contributed by atoms with Gasteiger partial charge in [0.05, 0.1) is 18.6 Å². The van der Waals surface area contributed by atoms with Gasteiger partial charge in [0, 0.05) is 20.7 Å². The smallest absolute Gasteiger partial charge is 0.227 e. The number of guanidine groups is 1. The summed E-state index contributed by atoms with van der Waals surface area (Å²) >= 11 is 0. The van der Waals surface area contributed by atoms with Crippen LogP contribution in [0.15, 0.2) is 4.99 Å². The van der Waals surface area contributed by atoms with Gasteiger partial charge in [-0.25, -0.2) is 0 Å². The molecule has 6 nitrogen and oxygen atoms in total. The van der Waals surface area contributed by atoms with E-state index in [0.717, 1.165) is 0 Å². The van der Waals surface area contributed by atoms with Crippen molar-refractivity contribution in [1.29, 1.82) is 0 Å². The molecule has 4 N–H and O–H groups in total. The van der Waals surface area contributed by atoms with E-state index in [-0.39, 0.29) is 29.9 Å². The summed E-state index contributed by atoms with van der Waals surface area (Å²) in [6.45, 7) is 5.15. The van der Waals surface area contributed by atoms with Crippen LogP contribution in [0, 0.1) is 5.41 Å². The number of carbonyl (C=O) groups is 1. The van der Waals surface area contributed by atoms with Gasteiger partial charge < -0.3 is 21.1 Å². The molecule has 0 saturated carbocycles. The van der Waals surface area contributed by atoms with Crippen molar-refractivity contribution in [2.24, 2.45) is 16.1 Å². The standard InChI is InChI=1S/C10H22N4O2.HI/c1-10(2,8(15)12-3)7-14-9(11)13-5-6-16-4;/h5-7H2,1-4H3,(H,12,15)(H3,11,13,14);1H. The third kappa shape index (κ3) is 8.19. The molecule has 17 heavy (non-hydrogen) atoms. The van der Waals surface area contributed by atoms with Crippen LogP contribution in [0.4, 0.5) is 0 Å². The molecule has 0 spiro atoms. The van der Waals surface area contributed by atoms with Gasteiger partial charge in [-0.3, -0.25) is 9.79 Å². The Morgan fingerprint density at radius 2 is 2.06 bits per heavy atom. The maximum atomic E-state index is 11.4. The summed E-state index contributed by atoms with van der Waals surface area (Å²) in [5.74, 6) is 0.273. The molecule has 0 bridgehead atoms. The van der Waals surface area contributed by atoms with Gasteiger partial charge in [0.25, 0.3) is 0 Å². The van der Waals surface area contributed by atoms with E-state index in [2.05, 4.69) is 15.6 Å². The van der Waals surface area contributed by atoms with Crippen LogP contribution in [0.1, 0.15) is 13.8 Å². The minimum absolute atomic E-state index is 0. The first kappa shape index (κ1) is 18.8. The summed E-state index contributed by atoms with van der Waals surface area (Å²) < 4.78 is 4.86. The maximum absolute atomic E-state index is 11.4. The molecule has 0 heterocycles. The highest BCUT2D eigenvalue weighted by Gasteiger charge is 2.26. The van der Waals surface area contributed by atoms with Crippen molar-refractivity contribution in [1.82, 2.24) is 10.6 Å². The Labute approximate surface area is 120 Å². The third-order valence-corrected chi connectivity index (χ3v) is 2.10. The second-order valence-electron chi connectivity index (χ2n) is 4.08. The predicted molar refractivity (Wildman–Crippen MR) is 79.6 cm³/mol. The summed E-state index contributed by atoms with van der Waals surface area (Å²) in [6, 6.07) is 0. The average molecular weight is 358 g/mol. The van der Waals surface area contributed by atoms with Crippen LogP contribution >= 0.6 is 24.0 Å². The van der Waals surface area contributed by atoms with E-state index in [1.165, 1.54) is 0 Å². The second-order valence-corrected chi connectivity index (χ2v) is 4.08. The van der Waals surface area contributed by atoms with Gasteiger partial charge in [0.1, 0.15) is 0 Å². The molecule has 1 amide bonds. The topological polar surface area (TPSA) is 88.7 Å². The molecular weight excluding hydrogens is 335 g/mol. The van der Waals surface area contributed by atoms with Gasteiger partial charge in [-0.15, -0.1) is 24.0 Å². The van der Waals surface area contributed by atoms with E-state index in [1.807, 2.05) is 13.8 Å². The number of ether oxygens (including phenoxy) is 1. The summed E-state index contributed by atoms with van der Waals surface area (Å²) in [7, 11) is 3.22. The summed E-state index contributed by atoms with van der Waals surface area (Å²) in [4.78, 5) is 15.5. The molecule has 0 aliphatic heterocycles. The number of nitrogens with one attached hydrogen (secondary N) is 2. The summed E-state index contributed by atoms with van der Waals surface area (Å²) in [6.07, 6.45) is 0. The first-order chi connectivity index (χ1) is 7.44. The molecule has 0 aromatic carbocycles. The lowest BCUT2D eigenvalue weighted by atomic mass is 9.93. The summed E-state index contributed by atoms with van der Waals surface area (Å²) in [5, 5.41) is 5.48. The van der Waals surface area contributed by atoms with Gasteiger partial charge >= 0.3 is 0 Å². The van der Waals surface area contributed by atoms with Crippen LogP contribution in [0.5, 0.6) is 0 Å². The van der Waals surface area contributed by atoms with Gasteiger partial charge in [-0.2, -0.15) is 0 Å². The highest BCUT2D eigenvalue weighted by atomic mass is 127. The quantitative estimate of drug-likeness (QED) is 0.268. The van der Waals surface area contributed by atoms with E-state index < -0.39 is 5.41 Å². The first-order valence-corrected chi connectivity index (χ1v) is 5.19. The van der Waals surface area contributed by atoms with Crippen molar-refractivity contribution in [2.75, 3.05) is 33.9 Å². The van der Waals surface area contributed by atoms with Gasteiger partial charge in [0.2, 0.25) is 5.91 Å². The lowest BCUT2D eigenvalue weighted by Crippen LogP contribution is -2.39. The molecule has 0 aliphatic carbocycles. The molecule has 0 saturated heterocycles. The Morgan fingerprint density at radius 1 is 1.47 bits per heavy atom. The molecule has 102 valence electrons. The fourth-order valence-corrected chi connectivity index (χ4v) is 1.03. The van der Waals surface area contributed by atoms with E-state index in [0.29, 0.717) is 25.7 Å². The van der Waals surface area contributed by atoms with Crippen molar-refractivity contribution in [3.8, 4) is 0 Å². The van der Waals surface area contributed by atoms with Gasteiger partial charge in [-0.05, 0) is 13.8 Å². The SMILES string of the molecule is CNC(=O)C(C)(C)CN=C(N)NCCOC.I. The Hall–Kier alpha value is -0.570. The fraction of sp³-hybridized carbons (Fsp3) is 0.800. The maximum Gasteiger partial charge on any atom is 0.227 e. The largest absolute Gasteiger partial charge is 0.383 e. The molecular formula is C10H23IN4O2. The Bertz CT molecular complexity index is 257. The zero-order valence-corrected chi connectivity index (χ0v) is 13.2. The number of methoxy groups -OCH3 is 1. The highest BCUT2D eigenvalue weighted by Crippen LogP contribution is 2.14. The monoisotopic (exact) mass is 358 g/mol. The number of halogens is 1. The second kappa shape index (κ2) is 9.46. The molecule has 0 fully saturated rings. The van der Waals surface area contributed by atoms with E-state index in [4.69, 9.17) is 10.5 Å². The molecule has 0 aliphatic rings. The number of hydrogen-bond acceptors (Lipinski definition) is 3. The van der Waals surface area contributed by atoms with Gasteiger partial charge in [-0.1, -0.05) is 0 Å². The van der Waals surface area contributed by atoms with Crippen LogP contribution in [0.3, 0.4) is 0 Å². The number of hydrogen-bond donors (Lipinski definition) is 3. The molecule has 0 aromatic heterocycles. The number of rotatable bonds is 6. The van der Waals surface area contributed by atoms with Crippen LogP contribution in [-0.4, -0.2) is 45.7 Å². The number of amides is 1. The lowest BCUT2D eigenvalue weighted by molar-refractivity contribution is -0.128. The number of nitrogens with zero attached hydrogens (tertiary/aromatic N) is 1. The van der Waals surface area contributed by atoms with Crippen molar-refractivity contribution >= 4 is 35.8 Å². The fourth-order valence-electron chi connectivity index (χ4n) is 1.03. The zero-order chi connectivity index (χ0) is 12.6. The van der Waals surface area contributed by atoms with E-state index in [9.17, 15) is 4.79 Å². The van der Waals surface area contributed by atoms with Crippen molar-refractivity contribution in [2.45, 2.75) is 13.8 Å². The Kier molecular flexibility index (Phi) is 10.5. The first-order valence-electron chi connectivity index (χ1n) is 5.19. The minimum atomic E-state index is -0.553. The molecule has 0 radical (unpaired) electrons. The minimum Gasteiger partial charge on any atom is -0.383 e. The van der Waals surface area contributed by atoms with Gasteiger partial charge in [0.15, 0.2) is 5.96 Å². The number of carbonyl (C=O) groups excluding carboxylic acids is 1. The number of aliphatic imine (C=N–C) groups is 1. The van der Waals surface area contributed by atoms with Crippen LogP contribution in [0.25, 0.3) is 0 Å². The van der Waals surface area contributed by atoms with Crippen molar-refractivity contribution in [3.63, 3.8) is 0 Å². The zero-order valence-electron chi connectivity index (χ0n) is 10.9. The van der Waals surface area contributed by atoms with Crippen molar-refractivity contribution < 1.29 is 9.53 Å². The third-order valence-electron chi connectivity index (χ3n) is 2.10. The molecule has 0 atom stereocenters. The molecule has 0 aromatic rings. The highest BCUT2D eigenvalue weighted by molar-refractivity contribution is 14.0. The molecule has 0 unspecified atom stereocenters. The Morgan fingerprint density at radius 3 is 2.53 bits per heavy atom.